The van der Waals surface area contributed by atoms with Crippen molar-refractivity contribution in [1.82, 2.24) is 14.8 Å². The molecule has 2 heterocycles. The average Bonchev–Trinajstić information content (AvgIpc) is 3.08. The number of anilines is 1. The van der Waals surface area contributed by atoms with Gasteiger partial charge < -0.3 is 9.30 Å². The van der Waals surface area contributed by atoms with E-state index < -0.39 is 5.91 Å². The van der Waals surface area contributed by atoms with Crippen LogP contribution in [0.15, 0.2) is 47.4 Å². The van der Waals surface area contributed by atoms with Crippen LogP contribution in [0.3, 0.4) is 0 Å². The predicted molar refractivity (Wildman–Crippen MR) is 109 cm³/mol. The van der Waals surface area contributed by atoms with Crippen LogP contribution in [-0.4, -0.2) is 20.7 Å². The van der Waals surface area contributed by atoms with Crippen molar-refractivity contribution in [3.8, 4) is 5.75 Å². The zero-order valence-corrected chi connectivity index (χ0v) is 16.8. The highest BCUT2D eigenvalue weighted by atomic mass is 32.1. The monoisotopic (exact) mass is 398 g/mol. The Balaban J connectivity index is 1.70. The molecule has 0 fully saturated rings. The van der Waals surface area contributed by atoms with Crippen LogP contribution in [0.25, 0.3) is 0 Å². The zero-order valence-electron chi connectivity index (χ0n) is 16.0. The van der Waals surface area contributed by atoms with E-state index in [1.807, 2.05) is 30.3 Å². The fraction of sp³-hybridized carbons (Fsp3) is 0.300. The van der Waals surface area contributed by atoms with Gasteiger partial charge in [-0.1, -0.05) is 55.5 Å². The quantitative estimate of drug-likeness (QED) is 0.660. The minimum Gasteiger partial charge on any atom is -0.483 e. The Labute approximate surface area is 167 Å². The summed E-state index contributed by atoms with van der Waals surface area (Å²) in [6.07, 6.45) is 2.32. The molecule has 2 aromatic heterocycles. The molecule has 0 radical (unpaired) electrons. The maximum Gasteiger partial charge on any atom is 0.274 e. The summed E-state index contributed by atoms with van der Waals surface area (Å²) in [5.41, 5.74) is 0.828. The van der Waals surface area contributed by atoms with Crippen LogP contribution < -0.4 is 15.5 Å². The zero-order chi connectivity index (χ0) is 20.1. The number of hydrogen-bond donors (Lipinski definition) is 1. The molecule has 7 nitrogen and oxygen atoms in total. The maximum absolute atomic E-state index is 12.5. The van der Waals surface area contributed by atoms with E-state index in [0.717, 1.165) is 17.0 Å². The first-order chi connectivity index (χ1) is 13.4. The molecule has 3 aromatic rings. The first-order valence-electron chi connectivity index (χ1n) is 8.93. The number of pyridine rings is 1. The molecule has 1 amide bonds. The molecule has 28 heavy (non-hydrogen) atoms. The molecule has 0 aliphatic heterocycles. The molecule has 1 N–H and O–H groups in total. The molecular weight excluding hydrogens is 376 g/mol. The van der Waals surface area contributed by atoms with Gasteiger partial charge in [-0.2, -0.15) is 0 Å². The van der Waals surface area contributed by atoms with Crippen molar-refractivity contribution in [2.24, 2.45) is 13.0 Å². The molecule has 0 saturated carbocycles. The summed E-state index contributed by atoms with van der Waals surface area (Å²) in [6.45, 7) is 4.47. The maximum atomic E-state index is 12.5. The summed E-state index contributed by atoms with van der Waals surface area (Å²) in [6, 6.07) is 10.8. The number of benzene rings is 1. The normalized spacial score (nSPS) is 10.9. The number of rotatable bonds is 7. The molecule has 0 spiro atoms. The largest absolute Gasteiger partial charge is 0.483 e. The number of aromatic nitrogens is 3. The second kappa shape index (κ2) is 8.79. The van der Waals surface area contributed by atoms with E-state index in [1.165, 1.54) is 23.6 Å². The lowest BCUT2D eigenvalue weighted by Crippen LogP contribution is -2.21. The van der Waals surface area contributed by atoms with Crippen LogP contribution in [0.1, 0.15) is 34.9 Å². The third kappa shape index (κ3) is 5.04. The van der Waals surface area contributed by atoms with Gasteiger partial charge in [0.15, 0.2) is 5.75 Å². The van der Waals surface area contributed by atoms with Crippen molar-refractivity contribution in [2.75, 3.05) is 5.32 Å². The number of nitrogens with one attached hydrogen (secondary N) is 1. The van der Waals surface area contributed by atoms with E-state index in [2.05, 4.69) is 29.4 Å². The van der Waals surface area contributed by atoms with Gasteiger partial charge in [0.2, 0.25) is 10.6 Å². The van der Waals surface area contributed by atoms with Gasteiger partial charge in [0.25, 0.3) is 5.91 Å². The van der Waals surface area contributed by atoms with E-state index in [-0.39, 0.29) is 23.5 Å². The van der Waals surface area contributed by atoms with Gasteiger partial charge in [0.05, 0.1) is 6.20 Å². The van der Waals surface area contributed by atoms with Gasteiger partial charge in [-0.25, -0.2) is 0 Å². The second-order valence-corrected chi connectivity index (χ2v) is 7.89. The van der Waals surface area contributed by atoms with Crippen LogP contribution in [-0.2, 0) is 20.1 Å². The van der Waals surface area contributed by atoms with Crippen molar-refractivity contribution in [2.45, 2.75) is 26.9 Å². The van der Waals surface area contributed by atoms with Crippen molar-refractivity contribution < 1.29 is 9.53 Å². The van der Waals surface area contributed by atoms with E-state index >= 15 is 0 Å². The number of carbonyl (C=O) groups is 1. The fourth-order valence-corrected chi connectivity index (χ4v) is 3.52. The molecule has 0 aliphatic rings. The fourth-order valence-electron chi connectivity index (χ4n) is 2.57. The van der Waals surface area contributed by atoms with Crippen molar-refractivity contribution in [1.29, 1.82) is 0 Å². The lowest BCUT2D eigenvalue weighted by atomic mass is 10.1. The van der Waals surface area contributed by atoms with Crippen molar-refractivity contribution in [3.05, 3.63) is 69.1 Å². The number of hydrogen-bond acceptors (Lipinski definition) is 6. The number of carbonyl (C=O) groups excluding carboxylic acids is 1. The second-order valence-electron chi connectivity index (χ2n) is 6.83. The van der Waals surface area contributed by atoms with E-state index in [4.69, 9.17) is 4.74 Å². The molecule has 3 rings (SSSR count). The highest BCUT2D eigenvalue weighted by Crippen LogP contribution is 2.19. The van der Waals surface area contributed by atoms with E-state index in [9.17, 15) is 9.59 Å². The van der Waals surface area contributed by atoms with Gasteiger partial charge >= 0.3 is 0 Å². The minimum atomic E-state index is -0.415. The first kappa shape index (κ1) is 19.8. The van der Waals surface area contributed by atoms with Crippen LogP contribution in [0, 0.1) is 5.92 Å². The van der Waals surface area contributed by atoms with Gasteiger partial charge in [-0.15, -0.1) is 10.2 Å². The van der Waals surface area contributed by atoms with Crippen LogP contribution in [0.2, 0.25) is 0 Å². The summed E-state index contributed by atoms with van der Waals surface area (Å²) < 4.78 is 7.17. The summed E-state index contributed by atoms with van der Waals surface area (Å²) in [5, 5.41) is 12.0. The molecule has 146 valence electrons. The van der Waals surface area contributed by atoms with Gasteiger partial charge in [-0.3, -0.25) is 14.9 Å². The summed E-state index contributed by atoms with van der Waals surface area (Å²) in [5.74, 6) is 0.236. The number of nitrogens with zero attached hydrogens (tertiary/aromatic N) is 3. The number of aryl methyl sites for hydroxylation is 1. The lowest BCUT2D eigenvalue weighted by molar-refractivity contribution is 0.101. The molecule has 8 heteroatoms. The Morgan fingerprint density at radius 2 is 2.00 bits per heavy atom. The topological polar surface area (TPSA) is 86.1 Å². The minimum absolute atomic E-state index is 0.193. The molecule has 0 aliphatic carbocycles. The van der Waals surface area contributed by atoms with Gasteiger partial charge in [-0.05, 0) is 11.5 Å². The van der Waals surface area contributed by atoms with Crippen molar-refractivity contribution in [3.63, 3.8) is 0 Å². The van der Waals surface area contributed by atoms with Crippen LogP contribution in [0.4, 0.5) is 5.13 Å². The highest BCUT2D eigenvalue weighted by Gasteiger charge is 2.15. The Bertz CT molecular complexity index is 1010. The van der Waals surface area contributed by atoms with Crippen LogP contribution >= 0.6 is 11.3 Å². The van der Waals surface area contributed by atoms with Gasteiger partial charge in [0, 0.05) is 19.5 Å². The Morgan fingerprint density at radius 3 is 2.71 bits per heavy atom. The molecular formula is C20H22N4O3S. The third-order valence-corrected chi connectivity index (χ3v) is 4.80. The molecule has 0 bridgehead atoms. The molecule has 0 atom stereocenters. The van der Waals surface area contributed by atoms with Crippen molar-refractivity contribution >= 4 is 22.4 Å². The molecule has 1 aromatic carbocycles. The number of amides is 1. The summed E-state index contributed by atoms with van der Waals surface area (Å²) in [4.78, 5) is 24.9. The van der Waals surface area contributed by atoms with Crippen LogP contribution in [0.5, 0.6) is 5.75 Å². The Hall–Kier alpha value is -3.00. The number of ether oxygens (including phenoxy) is 1. The molecule has 0 unspecified atom stereocenters. The smallest absolute Gasteiger partial charge is 0.274 e. The lowest BCUT2D eigenvalue weighted by Gasteiger charge is -2.11. The molecule has 0 saturated heterocycles. The van der Waals surface area contributed by atoms with E-state index in [0.29, 0.717) is 11.0 Å². The average molecular weight is 398 g/mol. The summed E-state index contributed by atoms with van der Waals surface area (Å²) >= 11 is 1.34. The summed E-state index contributed by atoms with van der Waals surface area (Å²) in [7, 11) is 1.69. The SMILES string of the molecule is CC(C)Cc1nnc(NC(=O)c2cc(=O)c(OCc3ccccc3)cn2C)s1. The first-order valence-corrected chi connectivity index (χ1v) is 9.75. The Morgan fingerprint density at radius 1 is 1.25 bits per heavy atom. The highest BCUT2D eigenvalue weighted by molar-refractivity contribution is 7.15. The standard InChI is InChI=1S/C20H22N4O3S/c1-13(2)9-18-22-23-20(28-18)21-19(26)15-10-16(25)17(11-24(15)3)27-12-14-7-5-4-6-8-14/h4-8,10-11,13H,9,12H2,1-3H3,(H,21,23,26). The van der Waals surface area contributed by atoms with E-state index in [1.54, 1.807) is 11.6 Å². The van der Waals surface area contributed by atoms with Gasteiger partial charge in [0.1, 0.15) is 17.3 Å². The predicted octanol–water partition coefficient (Wildman–Crippen LogP) is 3.27. The third-order valence-electron chi connectivity index (χ3n) is 3.94. The Kier molecular flexibility index (Phi) is 6.20.